The van der Waals surface area contributed by atoms with E-state index in [1.165, 1.54) is 22.5 Å². The van der Waals surface area contributed by atoms with Crippen molar-refractivity contribution in [3.63, 3.8) is 0 Å². The molecule has 144 valence electrons. The Bertz CT molecular complexity index is 1050. The van der Waals surface area contributed by atoms with Gasteiger partial charge in [0.15, 0.2) is 0 Å². The van der Waals surface area contributed by atoms with Gasteiger partial charge < -0.3 is 4.98 Å². The van der Waals surface area contributed by atoms with Gasteiger partial charge in [0.2, 0.25) is 0 Å². The van der Waals surface area contributed by atoms with Crippen LogP contribution in [0.25, 0.3) is 15.9 Å². The summed E-state index contributed by atoms with van der Waals surface area (Å²) in [5, 5.41) is 5.30. The molecule has 0 aliphatic carbocycles. The van der Waals surface area contributed by atoms with Crippen LogP contribution < -0.4 is 0 Å². The number of H-pyrrole nitrogens is 1. The lowest BCUT2D eigenvalue weighted by atomic mass is 10.2. The highest BCUT2D eigenvalue weighted by molar-refractivity contribution is 9.10. The summed E-state index contributed by atoms with van der Waals surface area (Å²) in [5.74, 6) is 1.08. The van der Waals surface area contributed by atoms with Crippen molar-refractivity contribution in [1.29, 1.82) is 0 Å². The number of rotatable bonds is 3. The molecule has 2 aliphatic rings. The lowest BCUT2D eigenvalue weighted by Crippen LogP contribution is -2.41. The molecule has 5 rings (SSSR count). The molecule has 2 aromatic carbocycles. The van der Waals surface area contributed by atoms with Gasteiger partial charge in [0.25, 0.3) is 0 Å². The molecule has 0 amide bonds. The Balaban J connectivity index is 1.47. The number of hydrogen-bond donors (Lipinski definition) is 1. The van der Waals surface area contributed by atoms with Gasteiger partial charge in [-0.2, -0.15) is 0 Å². The number of aryl methyl sites for hydroxylation is 1. The van der Waals surface area contributed by atoms with E-state index in [2.05, 4.69) is 93.4 Å². The first kappa shape index (κ1) is 18.3. The minimum absolute atomic E-state index is 0.292. The molecular weight excluding hydrogens is 432 g/mol. The Kier molecular flexibility index (Phi) is 4.73. The number of benzene rings is 2. The maximum absolute atomic E-state index is 4.99. The van der Waals surface area contributed by atoms with Crippen LogP contribution in [0.5, 0.6) is 0 Å². The van der Waals surface area contributed by atoms with E-state index >= 15 is 0 Å². The first-order valence-electron chi connectivity index (χ1n) is 9.75. The van der Waals surface area contributed by atoms with Crippen molar-refractivity contribution in [2.45, 2.75) is 38.1 Å². The lowest BCUT2D eigenvalue weighted by Gasteiger charge is -2.35. The molecule has 1 aromatic heterocycles. The average molecular weight is 455 g/mol. The molecule has 6 heteroatoms. The average Bonchev–Trinajstić information content (AvgIpc) is 3.39. The standard InChI is InChI=1S/C22H23BrN4S/c1-14-11-17(23)12-18-21(14)25-22(24-18)19-9-6-10-26(19)27-13-20(28-15(27)2)16-7-4-3-5-8-16/h3-5,7-8,11-13,15,19H,6,9-10H2,1-2H3,(H,24,25). The molecule has 1 N–H and O–H groups in total. The zero-order valence-corrected chi connectivity index (χ0v) is 18.4. The van der Waals surface area contributed by atoms with Gasteiger partial charge in [-0.1, -0.05) is 58.0 Å². The highest BCUT2D eigenvalue weighted by atomic mass is 79.9. The minimum Gasteiger partial charge on any atom is -0.341 e. The van der Waals surface area contributed by atoms with Gasteiger partial charge in [-0.05, 0) is 49.9 Å². The number of hydrogen-bond acceptors (Lipinski definition) is 4. The highest BCUT2D eigenvalue weighted by Gasteiger charge is 2.36. The molecule has 2 unspecified atom stereocenters. The summed E-state index contributed by atoms with van der Waals surface area (Å²) in [6.45, 7) is 5.47. The Morgan fingerprint density at radius 2 is 2.04 bits per heavy atom. The van der Waals surface area contributed by atoms with E-state index in [1.807, 2.05) is 11.8 Å². The first-order valence-corrected chi connectivity index (χ1v) is 11.4. The van der Waals surface area contributed by atoms with E-state index in [1.54, 1.807) is 0 Å². The van der Waals surface area contributed by atoms with Crippen LogP contribution in [-0.4, -0.2) is 31.9 Å². The van der Waals surface area contributed by atoms with Crippen LogP contribution in [0.3, 0.4) is 0 Å². The zero-order valence-electron chi connectivity index (χ0n) is 16.0. The van der Waals surface area contributed by atoms with Crippen molar-refractivity contribution in [2.75, 3.05) is 6.54 Å². The van der Waals surface area contributed by atoms with E-state index in [4.69, 9.17) is 4.98 Å². The molecule has 0 saturated carbocycles. The van der Waals surface area contributed by atoms with Gasteiger partial charge in [0.05, 0.1) is 22.4 Å². The van der Waals surface area contributed by atoms with Crippen LogP contribution in [0, 0.1) is 6.92 Å². The summed E-state index contributed by atoms with van der Waals surface area (Å²) in [6, 6.07) is 15.2. The van der Waals surface area contributed by atoms with E-state index in [0.717, 1.165) is 34.3 Å². The van der Waals surface area contributed by atoms with Crippen molar-refractivity contribution in [1.82, 2.24) is 20.0 Å². The van der Waals surface area contributed by atoms with Crippen LogP contribution in [0.2, 0.25) is 0 Å². The fraction of sp³-hybridized carbons (Fsp3) is 0.318. The molecule has 3 aromatic rings. The van der Waals surface area contributed by atoms with E-state index in [9.17, 15) is 0 Å². The molecule has 2 aliphatic heterocycles. The molecule has 1 fully saturated rings. The van der Waals surface area contributed by atoms with Gasteiger partial charge in [0.1, 0.15) is 5.82 Å². The summed E-state index contributed by atoms with van der Waals surface area (Å²) in [7, 11) is 0. The second kappa shape index (κ2) is 7.25. The van der Waals surface area contributed by atoms with Crippen molar-refractivity contribution >= 4 is 43.6 Å². The second-order valence-electron chi connectivity index (χ2n) is 7.52. The third-order valence-electron chi connectivity index (χ3n) is 5.57. The molecule has 4 nitrogen and oxygen atoms in total. The maximum atomic E-state index is 4.99. The number of nitrogens with one attached hydrogen (secondary N) is 1. The normalized spacial score (nSPS) is 23.0. The molecular formula is C22H23BrN4S. The molecule has 2 atom stereocenters. The fourth-order valence-electron chi connectivity index (χ4n) is 4.25. The third kappa shape index (κ3) is 3.17. The largest absolute Gasteiger partial charge is 0.341 e. The van der Waals surface area contributed by atoms with Gasteiger partial charge in [-0.15, -0.1) is 0 Å². The molecule has 3 heterocycles. The van der Waals surface area contributed by atoms with Crippen molar-refractivity contribution in [2.24, 2.45) is 0 Å². The molecule has 1 saturated heterocycles. The Morgan fingerprint density at radius 1 is 1.21 bits per heavy atom. The van der Waals surface area contributed by atoms with E-state index in [0.29, 0.717) is 11.4 Å². The van der Waals surface area contributed by atoms with Gasteiger partial charge in [-0.25, -0.2) is 9.99 Å². The number of halogens is 1. The zero-order chi connectivity index (χ0) is 19.3. The van der Waals surface area contributed by atoms with Crippen molar-refractivity contribution in [3.05, 3.63) is 70.1 Å². The van der Waals surface area contributed by atoms with Gasteiger partial charge in [0, 0.05) is 22.1 Å². The second-order valence-corrected chi connectivity index (χ2v) is 9.79. The van der Waals surface area contributed by atoms with Gasteiger partial charge >= 0.3 is 0 Å². The molecule has 0 bridgehead atoms. The Labute approximate surface area is 178 Å². The smallest absolute Gasteiger partial charge is 0.126 e. The summed E-state index contributed by atoms with van der Waals surface area (Å²) >= 11 is 5.53. The van der Waals surface area contributed by atoms with Crippen LogP contribution in [0.4, 0.5) is 0 Å². The number of thioether (sulfide) groups is 1. The van der Waals surface area contributed by atoms with Crippen LogP contribution >= 0.6 is 27.7 Å². The number of fused-ring (bicyclic) bond motifs is 1. The molecule has 0 radical (unpaired) electrons. The predicted octanol–water partition coefficient (Wildman–Crippen LogP) is 6.08. The van der Waals surface area contributed by atoms with Crippen LogP contribution in [0.15, 0.2) is 53.1 Å². The van der Waals surface area contributed by atoms with Crippen LogP contribution in [0.1, 0.15) is 42.8 Å². The third-order valence-corrected chi connectivity index (χ3v) is 7.18. The summed E-state index contributed by atoms with van der Waals surface area (Å²) in [5.41, 5.74) is 4.68. The SMILES string of the molecule is Cc1cc(Br)cc2[nH]c(C3CCCN3N3C=C(c4ccccc4)SC3C)nc12. The van der Waals surface area contributed by atoms with Crippen molar-refractivity contribution < 1.29 is 0 Å². The fourth-order valence-corrected chi connectivity index (χ4v) is 5.92. The van der Waals surface area contributed by atoms with Crippen LogP contribution in [-0.2, 0) is 0 Å². The van der Waals surface area contributed by atoms with Gasteiger partial charge in [-0.3, -0.25) is 5.01 Å². The summed E-state index contributed by atoms with van der Waals surface area (Å²) in [6.07, 6.45) is 4.63. The van der Waals surface area contributed by atoms with Crippen molar-refractivity contribution in [3.8, 4) is 0 Å². The Hall–Kier alpha value is -1.76. The maximum Gasteiger partial charge on any atom is 0.126 e. The van der Waals surface area contributed by atoms with E-state index < -0.39 is 0 Å². The Morgan fingerprint density at radius 3 is 2.86 bits per heavy atom. The summed E-state index contributed by atoms with van der Waals surface area (Å²) in [4.78, 5) is 9.92. The van der Waals surface area contributed by atoms with E-state index in [-0.39, 0.29) is 0 Å². The highest BCUT2D eigenvalue weighted by Crippen LogP contribution is 2.44. The molecule has 0 spiro atoms. The first-order chi connectivity index (χ1) is 13.6. The topological polar surface area (TPSA) is 35.2 Å². The summed E-state index contributed by atoms with van der Waals surface area (Å²) < 4.78 is 1.09. The quantitative estimate of drug-likeness (QED) is 0.519. The lowest BCUT2D eigenvalue weighted by molar-refractivity contribution is 0.00255. The molecule has 28 heavy (non-hydrogen) atoms. The number of aromatic amines is 1. The number of aromatic nitrogens is 2. The number of hydrazine groups is 1. The number of imidazole rings is 1. The minimum atomic E-state index is 0.292. The number of nitrogens with zero attached hydrogens (tertiary/aromatic N) is 3. The predicted molar refractivity (Wildman–Crippen MR) is 121 cm³/mol. The monoisotopic (exact) mass is 454 g/mol.